The zero-order valence-corrected chi connectivity index (χ0v) is 15.6. The number of hydrazone groups is 1. The van der Waals surface area contributed by atoms with Crippen LogP contribution in [0.3, 0.4) is 0 Å². The second kappa shape index (κ2) is 9.92. The number of nitrogens with one attached hydrogen (secondary N) is 2. The van der Waals surface area contributed by atoms with Crippen LogP contribution in [0.4, 0.5) is 14.5 Å². The third-order valence-electron chi connectivity index (χ3n) is 3.92. The van der Waals surface area contributed by atoms with Crippen LogP contribution < -0.4 is 15.5 Å². The maximum atomic E-state index is 13.6. The average molecular weight is 409 g/mol. The second-order valence-corrected chi connectivity index (χ2v) is 6.11. The maximum absolute atomic E-state index is 13.6. The van der Waals surface area contributed by atoms with Gasteiger partial charge in [-0.05, 0) is 60.2 Å². The molecule has 0 saturated carbocycles. The number of benzene rings is 3. The molecule has 2 N–H and O–H groups in total. The predicted octanol–water partition coefficient (Wildman–Crippen LogP) is 3.63. The van der Waals surface area contributed by atoms with Gasteiger partial charge in [0, 0.05) is 11.3 Å². The number of hydrogen-bond donors (Lipinski definition) is 2. The van der Waals surface area contributed by atoms with Crippen molar-refractivity contribution in [2.24, 2.45) is 5.10 Å². The van der Waals surface area contributed by atoms with Gasteiger partial charge in [-0.2, -0.15) is 5.10 Å². The van der Waals surface area contributed by atoms with Gasteiger partial charge in [-0.25, -0.2) is 14.2 Å². The number of anilines is 1. The Morgan fingerprint density at radius 3 is 2.30 bits per heavy atom. The number of carbonyl (C=O) groups is 2. The molecule has 8 heteroatoms. The fraction of sp³-hybridized carbons (Fsp3) is 0.0455. The van der Waals surface area contributed by atoms with E-state index in [4.69, 9.17) is 4.74 Å². The first kappa shape index (κ1) is 20.7. The van der Waals surface area contributed by atoms with E-state index in [-0.39, 0.29) is 18.1 Å². The van der Waals surface area contributed by atoms with Crippen molar-refractivity contribution in [1.29, 1.82) is 0 Å². The van der Waals surface area contributed by atoms with Crippen LogP contribution in [0.1, 0.15) is 11.1 Å². The zero-order chi connectivity index (χ0) is 21.3. The molecular formula is C22H17F2N3O3. The van der Waals surface area contributed by atoms with Gasteiger partial charge >= 0.3 is 11.8 Å². The van der Waals surface area contributed by atoms with Crippen LogP contribution in [0.2, 0.25) is 0 Å². The van der Waals surface area contributed by atoms with Gasteiger partial charge < -0.3 is 10.1 Å². The Labute approximate surface area is 171 Å². The fourth-order valence-electron chi connectivity index (χ4n) is 2.36. The molecule has 0 bridgehead atoms. The second-order valence-electron chi connectivity index (χ2n) is 6.11. The molecule has 3 rings (SSSR count). The molecule has 0 spiro atoms. The highest BCUT2D eigenvalue weighted by atomic mass is 19.1. The lowest BCUT2D eigenvalue weighted by atomic mass is 10.2. The minimum Gasteiger partial charge on any atom is -0.489 e. The molecule has 152 valence electrons. The summed E-state index contributed by atoms with van der Waals surface area (Å²) in [6, 6.07) is 18.1. The van der Waals surface area contributed by atoms with Crippen LogP contribution in [0.15, 0.2) is 77.9 Å². The van der Waals surface area contributed by atoms with Crippen LogP contribution in [0, 0.1) is 11.6 Å². The summed E-state index contributed by atoms with van der Waals surface area (Å²) in [5.41, 5.74) is 3.48. The summed E-state index contributed by atoms with van der Waals surface area (Å²) in [5.74, 6) is -2.15. The topological polar surface area (TPSA) is 79.8 Å². The highest BCUT2D eigenvalue weighted by Gasteiger charge is 2.12. The first-order valence-electron chi connectivity index (χ1n) is 8.87. The molecule has 0 unspecified atom stereocenters. The van der Waals surface area contributed by atoms with Crippen LogP contribution in [-0.2, 0) is 16.2 Å². The lowest BCUT2D eigenvalue weighted by Gasteiger charge is -2.07. The van der Waals surface area contributed by atoms with E-state index >= 15 is 0 Å². The van der Waals surface area contributed by atoms with Crippen LogP contribution in [0.25, 0.3) is 0 Å². The Morgan fingerprint density at radius 1 is 0.900 bits per heavy atom. The molecule has 0 radical (unpaired) electrons. The lowest BCUT2D eigenvalue weighted by molar-refractivity contribution is -0.136. The summed E-state index contributed by atoms with van der Waals surface area (Å²) in [5, 5.41) is 6.04. The summed E-state index contributed by atoms with van der Waals surface area (Å²) < 4.78 is 32.0. The molecule has 0 heterocycles. The van der Waals surface area contributed by atoms with Crippen molar-refractivity contribution in [2.75, 3.05) is 5.32 Å². The number of rotatable bonds is 6. The van der Waals surface area contributed by atoms with E-state index in [2.05, 4.69) is 15.8 Å². The summed E-state index contributed by atoms with van der Waals surface area (Å²) >= 11 is 0. The molecule has 2 amide bonds. The fourth-order valence-corrected chi connectivity index (χ4v) is 2.36. The predicted molar refractivity (Wildman–Crippen MR) is 108 cm³/mol. The summed E-state index contributed by atoms with van der Waals surface area (Å²) in [4.78, 5) is 23.5. The number of amides is 2. The third kappa shape index (κ3) is 5.96. The summed E-state index contributed by atoms with van der Waals surface area (Å²) in [7, 11) is 0. The van der Waals surface area contributed by atoms with E-state index in [1.165, 1.54) is 24.4 Å². The molecule has 0 aromatic heterocycles. The largest absolute Gasteiger partial charge is 0.489 e. The van der Waals surface area contributed by atoms with E-state index < -0.39 is 17.6 Å². The summed E-state index contributed by atoms with van der Waals surface area (Å²) in [6.07, 6.45) is 1.35. The van der Waals surface area contributed by atoms with E-state index in [0.717, 1.165) is 12.1 Å². The number of hydrogen-bond acceptors (Lipinski definition) is 4. The van der Waals surface area contributed by atoms with Crippen molar-refractivity contribution in [3.05, 3.63) is 95.6 Å². The third-order valence-corrected chi connectivity index (χ3v) is 3.92. The van der Waals surface area contributed by atoms with Gasteiger partial charge in [0.1, 0.15) is 24.0 Å². The first-order valence-corrected chi connectivity index (χ1v) is 8.87. The van der Waals surface area contributed by atoms with Crippen molar-refractivity contribution in [3.8, 4) is 5.75 Å². The Hall–Kier alpha value is -4.07. The molecule has 3 aromatic carbocycles. The monoisotopic (exact) mass is 409 g/mol. The maximum Gasteiger partial charge on any atom is 0.329 e. The SMILES string of the molecule is O=C(N/N=C\c1ccc(OCc2ccccc2F)cc1)C(=O)Nc1ccc(F)cc1. The molecule has 30 heavy (non-hydrogen) atoms. The Kier molecular flexibility index (Phi) is 6.83. The van der Waals surface area contributed by atoms with Gasteiger partial charge in [0.25, 0.3) is 0 Å². The van der Waals surface area contributed by atoms with E-state index in [1.54, 1.807) is 42.5 Å². The quantitative estimate of drug-likeness (QED) is 0.371. The van der Waals surface area contributed by atoms with Crippen molar-refractivity contribution >= 4 is 23.7 Å². The lowest BCUT2D eigenvalue weighted by Crippen LogP contribution is -2.32. The number of halogens is 2. The molecular weight excluding hydrogens is 392 g/mol. The van der Waals surface area contributed by atoms with Crippen LogP contribution in [0.5, 0.6) is 5.75 Å². The van der Waals surface area contributed by atoms with Crippen LogP contribution >= 0.6 is 0 Å². The number of nitrogens with zero attached hydrogens (tertiary/aromatic N) is 1. The highest BCUT2D eigenvalue weighted by molar-refractivity contribution is 6.39. The Bertz CT molecular complexity index is 1050. The Balaban J connectivity index is 1.47. The standard InChI is InChI=1S/C22H17F2N3O3/c23-17-7-9-18(10-8-17)26-21(28)22(29)27-25-13-15-5-11-19(12-6-15)30-14-16-3-1-2-4-20(16)24/h1-13H,14H2,(H,26,28)(H,27,29)/b25-13-. The minimum absolute atomic E-state index is 0.0966. The van der Waals surface area contributed by atoms with Gasteiger partial charge in [0.2, 0.25) is 0 Å². The molecule has 0 fully saturated rings. The summed E-state index contributed by atoms with van der Waals surface area (Å²) in [6.45, 7) is 0.0966. The molecule has 0 aliphatic heterocycles. The number of carbonyl (C=O) groups excluding carboxylic acids is 2. The van der Waals surface area contributed by atoms with E-state index in [1.807, 2.05) is 0 Å². The first-order chi connectivity index (χ1) is 14.5. The van der Waals surface area contributed by atoms with Gasteiger partial charge in [0.15, 0.2) is 0 Å². The van der Waals surface area contributed by atoms with Gasteiger partial charge in [-0.3, -0.25) is 9.59 Å². The van der Waals surface area contributed by atoms with Gasteiger partial charge in [0.05, 0.1) is 6.21 Å². The normalized spacial score (nSPS) is 10.6. The molecule has 0 atom stereocenters. The van der Waals surface area contributed by atoms with Crippen molar-refractivity contribution in [1.82, 2.24) is 5.43 Å². The van der Waals surface area contributed by atoms with Crippen molar-refractivity contribution in [3.63, 3.8) is 0 Å². The number of ether oxygens (including phenoxy) is 1. The van der Waals surface area contributed by atoms with E-state index in [0.29, 0.717) is 16.9 Å². The molecule has 6 nitrogen and oxygen atoms in total. The molecule has 0 aliphatic carbocycles. The van der Waals surface area contributed by atoms with Crippen molar-refractivity contribution < 1.29 is 23.1 Å². The van der Waals surface area contributed by atoms with E-state index in [9.17, 15) is 18.4 Å². The molecule has 0 aliphatic rings. The van der Waals surface area contributed by atoms with Gasteiger partial charge in [-0.1, -0.05) is 18.2 Å². The van der Waals surface area contributed by atoms with Crippen LogP contribution in [-0.4, -0.2) is 18.0 Å². The minimum atomic E-state index is -0.972. The molecule has 0 saturated heterocycles. The molecule has 3 aromatic rings. The highest BCUT2D eigenvalue weighted by Crippen LogP contribution is 2.15. The van der Waals surface area contributed by atoms with Gasteiger partial charge in [-0.15, -0.1) is 0 Å². The Morgan fingerprint density at radius 2 is 1.60 bits per heavy atom. The zero-order valence-electron chi connectivity index (χ0n) is 15.6. The average Bonchev–Trinajstić information content (AvgIpc) is 2.75. The smallest absolute Gasteiger partial charge is 0.329 e. The van der Waals surface area contributed by atoms with Crippen molar-refractivity contribution in [2.45, 2.75) is 6.61 Å².